The van der Waals surface area contributed by atoms with Crippen LogP contribution in [-0.4, -0.2) is 25.6 Å². The number of carboxylic acid groups (broad SMARTS) is 1. The molecule has 0 spiro atoms. The van der Waals surface area contributed by atoms with Crippen molar-refractivity contribution in [3.63, 3.8) is 0 Å². The number of hydrogen-bond acceptors (Lipinski definition) is 3. The molecule has 0 aliphatic carbocycles. The SMILES string of the molecule is CCn1cc(-c2ccc(C(=O)O)cc2)cc1-c1cnc(C(C)C)c(C(C)C)n1. The molecule has 0 saturated carbocycles. The highest BCUT2D eigenvalue weighted by Gasteiger charge is 2.17. The summed E-state index contributed by atoms with van der Waals surface area (Å²) in [5, 5.41) is 9.09. The molecule has 28 heavy (non-hydrogen) atoms. The van der Waals surface area contributed by atoms with E-state index in [1.807, 2.05) is 18.3 Å². The second-order valence-electron chi connectivity index (χ2n) is 7.62. The molecular weight excluding hydrogens is 350 g/mol. The summed E-state index contributed by atoms with van der Waals surface area (Å²) < 4.78 is 2.16. The lowest BCUT2D eigenvalue weighted by Gasteiger charge is -2.15. The lowest BCUT2D eigenvalue weighted by atomic mass is 10.00. The molecule has 0 radical (unpaired) electrons. The molecule has 0 atom stereocenters. The van der Waals surface area contributed by atoms with E-state index >= 15 is 0 Å². The van der Waals surface area contributed by atoms with Gasteiger partial charge in [0.2, 0.25) is 0 Å². The molecule has 146 valence electrons. The maximum Gasteiger partial charge on any atom is 0.335 e. The van der Waals surface area contributed by atoms with Crippen molar-refractivity contribution in [2.75, 3.05) is 0 Å². The number of benzene rings is 1. The van der Waals surface area contributed by atoms with Crippen LogP contribution in [0.3, 0.4) is 0 Å². The monoisotopic (exact) mass is 377 g/mol. The average Bonchev–Trinajstić information content (AvgIpc) is 3.11. The van der Waals surface area contributed by atoms with E-state index < -0.39 is 5.97 Å². The zero-order valence-electron chi connectivity index (χ0n) is 17.1. The van der Waals surface area contributed by atoms with Gasteiger partial charge in [0.1, 0.15) is 5.69 Å². The predicted octanol–water partition coefficient (Wildman–Crippen LogP) is 5.58. The van der Waals surface area contributed by atoms with Gasteiger partial charge in [-0.15, -0.1) is 0 Å². The van der Waals surface area contributed by atoms with E-state index in [9.17, 15) is 4.79 Å². The summed E-state index contributed by atoms with van der Waals surface area (Å²) in [6.45, 7) is 11.5. The molecule has 0 saturated heterocycles. The molecule has 5 nitrogen and oxygen atoms in total. The van der Waals surface area contributed by atoms with E-state index in [1.54, 1.807) is 12.1 Å². The number of aromatic carboxylic acids is 1. The van der Waals surface area contributed by atoms with Gasteiger partial charge >= 0.3 is 5.97 Å². The Morgan fingerprint density at radius 1 is 1.04 bits per heavy atom. The highest BCUT2D eigenvalue weighted by molar-refractivity contribution is 5.88. The predicted molar refractivity (Wildman–Crippen MR) is 112 cm³/mol. The molecule has 0 bridgehead atoms. The minimum atomic E-state index is -0.917. The molecule has 2 aromatic heterocycles. The minimum Gasteiger partial charge on any atom is -0.478 e. The van der Waals surface area contributed by atoms with Crippen LogP contribution < -0.4 is 0 Å². The van der Waals surface area contributed by atoms with E-state index in [0.717, 1.165) is 40.4 Å². The van der Waals surface area contributed by atoms with Gasteiger partial charge in [-0.05, 0) is 42.5 Å². The van der Waals surface area contributed by atoms with Crippen molar-refractivity contribution in [3.8, 4) is 22.5 Å². The van der Waals surface area contributed by atoms with Crippen molar-refractivity contribution in [2.45, 2.75) is 53.0 Å². The maximum atomic E-state index is 11.1. The van der Waals surface area contributed by atoms with Crippen LogP contribution in [0.15, 0.2) is 42.7 Å². The lowest BCUT2D eigenvalue weighted by molar-refractivity contribution is 0.0697. The van der Waals surface area contributed by atoms with Gasteiger partial charge in [-0.1, -0.05) is 39.8 Å². The average molecular weight is 377 g/mol. The van der Waals surface area contributed by atoms with E-state index in [-0.39, 0.29) is 5.56 Å². The van der Waals surface area contributed by atoms with Gasteiger partial charge in [-0.3, -0.25) is 4.98 Å². The van der Waals surface area contributed by atoms with Gasteiger partial charge in [0.15, 0.2) is 0 Å². The Kier molecular flexibility index (Phi) is 5.63. The molecule has 0 aliphatic rings. The Morgan fingerprint density at radius 3 is 2.21 bits per heavy atom. The van der Waals surface area contributed by atoms with Crippen LogP contribution in [0, 0.1) is 0 Å². The summed E-state index contributed by atoms with van der Waals surface area (Å²) in [4.78, 5) is 20.8. The lowest BCUT2D eigenvalue weighted by Crippen LogP contribution is -2.07. The van der Waals surface area contributed by atoms with Crippen LogP contribution in [0.2, 0.25) is 0 Å². The van der Waals surface area contributed by atoms with Crippen LogP contribution in [0.1, 0.15) is 68.2 Å². The second-order valence-corrected chi connectivity index (χ2v) is 7.62. The summed E-state index contributed by atoms with van der Waals surface area (Å²) >= 11 is 0. The Hall–Kier alpha value is -2.95. The van der Waals surface area contributed by atoms with Crippen LogP contribution in [0.25, 0.3) is 22.5 Å². The summed E-state index contributed by atoms with van der Waals surface area (Å²) in [6.07, 6.45) is 3.94. The Balaban J connectivity index is 2.06. The Bertz CT molecular complexity index is 986. The van der Waals surface area contributed by atoms with Gasteiger partial charge in [0.05, 0.1) is 28.8 Å². The number of aryl methyl sites for hydroxylation is 1. The van der Waals surface area contributed by atoms with Gasteiger partial charge < -0.3 is 9.67 Å². The highest BCUT2D eigenvalue weighted by Crippen LogP contribution is 2.30. The fraction of sp³-hybridized carbons (Fsp3) is 0.348. The zero-order chi connectivity index (χ0) is 20.4. The minimum absolute atomic E-state index is 0.288. The number of aromatic nitrogens is 3. The first-order valence-corrected chi connectivity index (χ1v) is 9.72. The highest BCUT2D eigenvalue weighted by atomic mass is 16.4. The van der Waals surface area contributed by atoms with E-state index in [2.05, 4.69) is 51.4 Å². The normalized spacial score (nSPS) is 11.4. The van der Waals surface area contributed by atoms with E-state index in [0.29, 0.717) is 11.8 Å². The van der Waals surface area contributed by atoms with Gasteiger partial charge in [0, 0.05) is 18.3 Å². The summed E-state index contributed by atoms with van der Waals surface area (Å²) in [5.74, 6) is -0.279. The van der Waals surface area contributed by atoms with Gasteiger partial charge in [0.25, 0.3) is 0 Å². The largest absolute Gasteiger partial charge is 0.478 e. The van der Waals surface area contributed by atoms with Crippen LogP contribution in [-0.2, 0) is 6.54 Å². The first-order valence-electron chi connectivity index (χ1n) is 9.72. The first-order chi connectivity index (χ1) is 13.3. The summed E-state index contributed by atoms with van der Waals surface area (Å²) in [6, 6.07) is 9.05. The Labute approximate surface area is 166 Å². The number of hydrogen-bond donors (Lipinski definition) is 1. The van der Waals surface area contributed by atoms with Crippen LogP contribution >= 0.6 is 0 Å². The van der Waals surface area contributed by atoms with E-state index in [4.69, 9.17) is 15.1 Å². The molecule has 3 aromatic rings. The molecule has 2 heterocycles. The fourth-order valence-electron chi connectivity index (χ4n) is 3.36. The van der Waals surface area contributed by atoms with Crippen molar-refractivity contribution in [1.29, 1.82) is 0 Å². The van der Waals surface area contributed by atoms with Crippen LogP contribution in [0.4, 0.5) is 0 Å². The van der Waals surface area contributed by atoms with Crippen molar-refractivity contribution in [1.82, 2.24) is 14.5 Å². The third-order valence-electron chi connectivity index (χ3n) is 4.89. The van der Waals surface area contributed by atoms with Crippen molar-refractivity contribution in [2.24, 2.45) is 0 Å². The molecule has 0 fully saturated rings. The van der Waals surface area contributed by atoms with E-state index in [1.165, 1.54) is 0 Å². The summed E-state index contributed by atoms with van der Waals surface area (Å²) in [7, 11) is 0. The summed E-state index contributed by atoms with van der Waals surface area (Å²) in [5.41, 5.74) is 6.29. The molecule has 0 unspecified atom stereocenters. The van der Waals surface area contributed by atoms with Crippen LogP contribution in [0.5, 0.6) is 0 Å². The van der Waals surface area contributed by atoms with Gasteiger partial charge in [-0.2, -0.15) is 0 Å². The number of nitrogens with zero attached hydrogens (tertiary/aromatic N) is 3. The molecule has 0 aliphatic heterocycles. The number of carboxylic acids is 1. The molecule has 1 N–H and O–H groups in total. The fourth-order valence-corrected chi connectivity index (χ4v) is 3.36. The van der Waals surface area contributed by atoms with Crippen molar-refractivity contribution < 1.29 is 9.90 Å². The third kappa shape index (κ3) is 3.84. The quantitative estimate of drug-likeness (QED) is 0.609. The molecule has 0 amide bonds. The topological polar surface area (TPSA) is 68.0 Å². The molecule has 1 aromatic carbocycles. The molecule has 3 rings (SSSR count). The smallest absolute Gasteiger partial charge is 0.335 e. The van der Waals surface area contributed by atoms with Crippen molar-refractivity contribution in [3.05, 3.63) is 59.7 Å². The molecule has 5 heteroatoms. The Morgan fingerprint density at radius 2 is 1.68 bits per heavy atom. The first kappa shape index (κ1) is 19.8. The molecular formula is C23H27N3O2. The third-order valence-corrected chi connectivity index (χ3v) is 4.89. The van der Waals surface area contributed by atoms with Crippen molar-refractivity contribution >= 4 is 5.97 Å². The number of rotatable bonds is 6. The van der Waals surface area contributed by atoms with Gasteiger partial charge in [-0.25, -0.2) is 9.78 Å². The second kappa shape index (κ2) is 7.97. The number of carbonyl (C=O) groups is 1. The zero-order valence-corrected chi connectivity index (χ0v) is 17.1. The standard InChI is InChI=1S/C23H27N3O2/c1-6-26-13-18(16-7-9-17(10-8-16)23(27)28)11-20(26)19-12-24-21(14(2)3)22(25-19)15(4)5/h7-15H,6H2,1-5H3,(H,27,28). The maximum absolute atomic E-state index is 11.1.